The number of nitrogens with two attached hydrogens (primary N) is 1. The van der Waals surface area contributed by atoms with Crippen molar-refractivity contribution in [3.8, 4) is 11.1 Å². The maximum atomic E-state index is 13.5. The first-order valence-corrected chi connectivity index (χ1v) is 11.3. The van der Waals surface area contributed by atoms with Crippen molar-refractivity contribution in [2.24, 2.45) is 5.73 Å². The van der Waals surface area contributed by atoms with Crippen molar-refractivity contribution in [1.29, 1.82) is 0 Å². The van der Waals surface area contributed by atoms with E-state index < -0.39 is 54.9 Å². The largest absolute Gasteiger partial charge is 0.481 e. The quantitative estimate of drug-likeness (QED) is 0.112. The van der Waals surface area contributed by atoms with Crippen molar-refractivity contribution in [1.82, 2.24) is 0 Å². The van der Waals surface area contributed by atoms with Gasteiger partial charge in [-0.25, -0.2) is 4.79 Å². The third-order valence-corrected chi connectivity index (χ3v) is 6.30. The Balaban J connectivity index is 1.89. The highest BCUT2D eigenvalue weighted by Gasteiger charge is 2.55. The number of nitrogens with zero attached hydrogens (tertiary/aromatic N) is 1. The molecule has 7 N–H and O–H groups in total. The molecule has 11 nitrogen and oxygen atoms in total. The van der Waals surface area contributed by atoms with E-state index in [0.717, 1.165) is 27.2 Å². The van der Waals surface area contributed by atoms with Crippen LogP contribution in [0.3, 0.4) is 0 Å². The summed E-state index contributed by atoms with van der Waals surface area (Å²) in [5.41, 5.74) is 7.69. The summed E-state index contributed by atoms with van der Waals surface area (Å²) < 4.78 is 4.98. The molecular formula is C25H30N2O9. The predicted octanol–water partition coefficient (Wildman–Crippen LogP) is -0.599. The van der Waals surface area contributed by atoms with Crippen LogP contribution in [0.25, 0.3) is 11.1 Å². The zero-order chi connectivity index (χ0) is 26.6. The molecule has 2 aromatic rings. The molecule has 0 bridgehead atoms. The lowest BCUT2D eigenvalue weighted by atomic mass is 9.86. The SMILES string of the molecule is CN(C(=O)[C@](N)(C(=O)OCCCC(=O)O)[C@@H](O)[C@H](O)[C@H](O)CO)c1ccc2c(c1)Cc1ccccc1-2. The number of aliphatic hydroxyl groups excluding tert-OH is 4. The maximum absolute atomic E-state index is 13.5. The number of hydrogen-bond donors (Lipinski definition) is 6. The minimum atomic E-state index is -2.88. The van der Waals surface area contributed by atoms with Crippen LogP contribution in [0, 0.1) is 0 Å². The number of hydrogen-bond acceptors (Lipinski definition) is 9. The summed E-state index contributed by atoms with van der Waals surface area (Å²) in [5, 5.41) is 48.6. The summed E-state index contributed by atoms with van der Waals surface area (Å²) in [6, 6.07) is 13.1. The predicted molar refractivity (Wildman–Crippen MR) is 128 cm³/mol. The van der Waals surface area contributed by atoms with E-state index in [1.807, 2.05) is 30.3 Å². The monoisotopic (exact) mass is 502 g/mol. The number of carboxylic acid groups (broad SMARTS) is 1. The molecular weight excluding hydrogens is 472 g/mol. The zero-order valence-electron chi connectivity index (χ0n) is 19.7. The minimum absolute atomic E-state index is 0.0789. The van der Waals surface area contributed by atoms with Crippen molar-refractivity contribution in [2.75, 3.05) is 25.2 Å². The van der Waals surface area contributed by atoms with Gasteiger partial charge in [0.2, 0.25) is 5.54 Å². The van der Waals surface area contributed by atoms with E-state index in [1.165, 1.54) is 7.05 Å². The number of carbonyl (C=O) groups is 3. The van der Waals surface area contributed by atoms with Gasteiger partial charge in [0.15, 0.2) is 0 Å². The smallest absolute Gasteiger partial charge is 0.338 e. The number of amides is 1. The van der Waals surface area contributed by atoms with Gasteiger partial charge in [0, 0.05) is 19.2 Å². The first kappa shape index (κ1) is 27.2. The van der Waals surface area contributed by atoms with E-state index >= 15 is 0 Å². The van der Waals surface area contributed by atoms with Gasteiger partial charge >= 0.3 is 11.9 Å². The summed E-state index contributed by atoms with van der Waals surface area (Å²) in [7, 11) is 1.33. The van der Waals surface area contributed by atoms with Crippen molar-refractivity contribution in [3.63, 3.8) is 0 Å². The molecule has 1 aliphatic carbocycles. The fourth-order valence-corrected chi connectivity index (χ4v) is 4.16. The van der Waals surface area contributed by atoms with Crippen LogP contribution < -0.4 is 10.6 Å². The van der Waals surface area contributed by atoms with Gasteiger partial charge < -0.3 is 40.9 Å². The van der Waals surface area contributed by atoms with Gasteiger partial charge in [0.25, 0.3) is 5.91 Å². The zero-order valence-corrected chi connectivity index (χ0v) is 19.7. The molecule has 1 amide bonds. The lowest BCUT2D eigenvalue weighted by Gasteiger charge is -2.37. The van der Waals surface area contributed by atoms with Crippen LogP contribution >= 0.6 is 0 Å². The third kappa shape index (κ3) is 5.25. The molecule has 2 aromatic carbocycles. The molecule has 0 radical (unpaired) electrons. The topological polar surface area (TPSA) is 191 Å². The standard InChI is InChI=1S/C25H30N2O9/c1-27(16-8-9-18-15(12-16)11-14-5-2-3-6-17(14)18)23(34)25(26,22(33)21(32)19(29)13-28)24(35)36-10-4-7-20(30)31/h2-3,5-6,8-9,12,19,21-22,28-29,32-33H,4,7,10-11,13,26H2,1H3,(H,30,31)/t19-,21-,22+,25+/m1/s1. The first-order valence-electron chi connectivity index (χ1n) is 11.3. The van der Waals surface area contributed by atoms with E-state index in [9.17, 15) is 29.7 Å². The average molecular weight is 503 g/mol. The summed E-state index contributed by atoms with van der Waals surface area (Å²) >= 11 is 0. The Morgan fingerprint density at radius 2 is 1.75 bits per heavy atom. The van der Waals surface area contributed by atoms with Gasteiger partial charge in [-0.1, -0.05) is 30.3 Å². The van der Waals surface area contributed by atoms with Crippen LogP contribution in [0.15, 0.2) is 42.5 Å². The number of ether oxygens (including phenoxy) is 1. The number of rotatable bonds is 11. The lowest BCUT2D eigenvalue weighted by molar-refractivity contribution is -0.168. The number of carboxylic acids is 1. The summed E-state index contributed by atoms with van der Waals surface area (Å²) in [6.45, 7) is -1.39. The average Bonchev–Trinajstić information content (AvgIpc) is 3.25. The van der Waals surface area contributed by atoms with E-state index in [4.69, 9.17) is 20.7 Å². The van der Waals surface area contributed by atoms with Gasteiger partial charge in [-0.05, 0) is 47.2 Å². The Morgan fingerprint density at radius 1 is 1.08 bits per heavy atom. The number of anilines is 1. The Labute approximate surface area is 207 Å². The van der Waals surface area contributed by atoms with E-state index in [-0.39, 0.29) is 12.8 Å². The maximum Gasteiger partial charge on any atom is 0.338 e. The number of benzene rings is 2. The Hall–Kier alpha value is -3.35. The number of aliphatic carboxylic acids is 1. The molecule has 11 heteroatoms. The summed E-state index contributed by atoms with van der Waals surface area (Å²) in [6.07, 6.45) is -6.20. The van der Waals surface area contributed by atoms with E-state index in [1.54, 1.807) is 12.1 Å². The van der Waals surface area contributed by atoms with Crippen LogP contribution in [0.5, 0.6) is 0 Å². The van der Waals surface area contributed by atoms with Gasteiger partial charge in [-0.2, -0.15) is 0 Å². The second kappa shape index (κ2) is 11.1. The van der Waals surface area contributed by atoms with Crippen molar-refractivity contribution >= 4 is 23.5 Å². The molecule has 0 unspecified atom stereocenters. The fourth-order valence-electron chi connectivity index (χ4n) is 4.16. The molecule has 0 saturated carbocycles. The highest BCUT2D eigenvalue weighted by Crippen LogP contribution is 2.38. The fraction of sp³-hybridized carbons (Fsp3) is 0.400. The minimum Gasteiger partial charge on any atom is -0.481 e. The van der Waals surface area contributed by atoms with Gasteiger partial charge in [-0.3, -0.25) is 9.59 Å². The Kier molecular flexibility index (Phi) is 8.43. The highest BCUT2D eigenvalue weighted by atomic mass is 16.5. The number of carbonyl (C=O) groups excluding carboxylic acids is 2. The second-order valence-electron chi connectivity index (χ2n) is 8.73. The molecule has 0 aliphatic heterocycles. The molecule has 0 fully saturated rings. The van der Waals surface area contributed by atoms with Gasteiger partial charge in [0.1, 0.15) is 18.3 Å². The Bertz CT molecular complexity index is 1140. The lowest BCUT2D eigenvalue weighted by Crippen LogP contribution is -2.71. The number of likely N-dealkylation sites (N-methyl/N-ethyl adjacent to an activating group) is 1. The highest BCUT2D eigenvalue weighted by molar-refractivity contribution is 6.14. The van der Waals surface area contributed by atoms with Crippen LogP contribution in [0.4, 0.5) is 5.69 Å². The van der Waals surface area contributed by atoms with Crippen LogP contribution in [0.2, 0.25) is 0 Å². The van der Waals surface area contributed by atoms with Crippen molar-refractivity contribution < 1.29 is 44.7 Å². The van der Waals surface area contributed by atoms with Crippen molar-refractivity contribution in [2.45, 2.75) is 43.1 Å². The van der Waals surface area contributed by atoms with Gasteiger partial charge in [-0.15, -0.1) is 0 Å². The van der Waals surface area contributed by atoms with Crippen molar-refractivity contribution in [3.05, 3.63) is 53.6 Å². The van der Waals surface area contributed by atoms with Crippen LogP contribution in [-0.4, -0.2) is 87.5 Å². The number of esters is 1. The van der Waals surface area contributed by atoms with Crippen LogP contribution in [0.1, 0.15) is 24.0 Å². The van der Waals surface area contributed by atoms with E-state index in [0.29, 0.717) is 12.1 Å². The number of fused-ring (bicyclic) bond motifs is 3. The normalized spacial score (nSPS) is 16.2. The first-order chi connectivity index (χ1) is 17.0. The Morgan fingerprint density at radius 3 is 2.42 bits per heavy atom. The van der Waals surface area contributed by atoms with E-state index in [2.05, 4.69) is 0 Å². The molecule has 0 saturated heterocycles. The molecule has 3 rings (SSSR count). The molecule has 0 spiro atoms. The molecule has 4 atom stereocenters. The molecule has 0 heterocycles. The summed E-state index contributed by atoms with van der Waals surface area (Å²) in [4.78, 5) is 38.2. The van der Waals surface area contributed by atoms with Crippen LogP contribution in [-0.2, 0) is 25.5 Å². The summed E-state index contributed by atoms with van der Waals surface area (Å²) in [5.74, 6) is -3.69. The molecule has 194 valence electrons. The van der Waals surface area contributed by atoms with Gasteiger partial charge in [0.05, 0.1) is 13.2 Å². The molecule has 0 aromatic heterocycles. The molecule has 36 heavy (non-hydrogen) atoms. The molecule has 1 aliphatic rings. The second-order valence-corrected chi connectivity index (χ2v) is 8.73. The third-order valence-electron chi connectivity index (χ3n) is 6.30. The number of aliphatic hydroxyl groups is 4.